The Kier molecular flexibility index (Phi) is 13.1. The molecule has 0 bridgehead atoms. The summed E-state index contributed by atoms with van der Waals surface area (Å²) < 4.78 is 4.52. The molecule has 16 aromatic rings. The second-order valence-electron chi connectivity index (χ2n) is 22.4. The second kappa shape index (κ2) is 22.3. The lowest BCUT2D eigenvalue weighted by Gasteiger charge is -2.19. The Labute approximate surface area is 519 Å². The van der Waals surface area contributed by atoms with Crippen LogP contribution in [-0.4, -0.2) is 29.1 Å². The number of nitrogens with zero attached hydrogens (tertiary/aromatic N) is 8. The van der Waals surface area contributed by atoms with Crippen molar-refractivity contribution in [3.63, 3.8) is 0 Å². The Bertz CT molecular complexity index is 4970. The fourth-order valence-corrected chi connectivity index (χ4v) is 12.8. The van der Waals surface area contributed by atoms with Gasteiger partial charge in [-0.25, -0.2) is 4.85 Å². The molecular weight excluding hydrogens is 1100 g/mol. The number of fused-ring (bicyclic) bond motifs is 6. The molecule has 0 unspecified atom stereocenters. The molecular formula is C82H50N8. The van der Waals surface area contributed by atoms with Gasteiger partial charge in [0.05, 0.1) is 62.8 Å². The molecule has 0 atom stereocenters. The zero-order valence-electron chi connectivity index (χ0n) is 48.4. The Balaban J connectivity index is 0.952. The predicted molar refractivity (Wildman–Crippen MR) is 366 cm³/mol. The fourth-order valence-electron chi connectivity index (χ4n) is 12.8. The van der Waals surface area contributed by atoms with Gasteiger partial charge in [-0.15, -0.1) is 0 Å². The molecule has 0 N–H and O–H groups in total. The molecule has 0 amide bonds. The number of hydrogen-bond acceptors (Lipinski definition) is 5. The van der Waals surface area contributed by atoms with E-state index in [0.717, 1.165) is 144 Å². The molecule has 10 aromatic carbocycles. The summed E-state index contributed by atoms with van der Waals surface area (Å²) in [5.41, 5.74) is 23.7. The van der Waals surface area contributed by atoms with Crippen LogP contribution in [0.2, 0.25) is 0 Å². The summed E-state index contributed by atoms with van der Waals surface area (Å²) in [6.07, 6.45) is 7.52. The minimum absolute atomic E-state index is 0.477. The maximum atomic E-state index is 12.1. The molecule has 6 heterocycles. The third-order valence-electron chi connectivity index (χ3n) is 17.2. The van der Waals surface area contributed by atoms with E-state index in [1.807, 2.05) is 122 Å². The number of hydrogen-bond donors (Lipinski definition) is 0. The van der Waals surface area contributed by atoms with Crippen LogP contribution in [0.4, 0.5) is 5.69 Å². The number of rotatable bonds is 11. The normalized spacial score (nSPS) is 11.3. The first kappa shape index (κ1) is 52.9. The second-order valence-corrected chi connectivity index (χ2v) is 22.4. The van der Waals surface area contributed by atoms with E-state index in [9.17, 15) is 5.26 Å². The molecule has 90 heavy (non-hydrogen) atoms. The van der Waals surface area contributed by atoms with Crippen molar-refractivity contribution in [1.82, 2.24) is 29.1 Å². The van der Waals surface area contributed by atoms with Crippen molar-refractivity contribution in [3.8, 4) is 118 Å². The van der Waals surface area contributed by atoms with Gasteiger partial charge in [-0.2, -0.15) is 5.26 Å². The molecule has 418 valence electrons. The van der Waals surface area contributed by atoms with Gasteiger partial charge in [0.1, 0.15) is 11.6 Å². The van der Waals surface area contributed by atoms with Crippen LogP contribution >= 0.6 is 0 Å². The minimum atomic E-state index is 0.477. The van der Waals surface area contributed by atoms with Crippen LogP contribution in [-0.2, 0) is 0 Å². The summed E-state index contributed by atoms with van der Waals surface area (Å²) in [5, 5.41) is 16.2. The van der Waals surface area contributed by atoms with Crippen molar-refractivity contribution in [3.05, 3.63) is 321 Å². The smallest absolute Gasteiger partial charge is 0.187 e. The van der Waals surface area contributed by atoms with Crippen molar-refractivity contribution in [2.24, 2.45) is 0 Å². The highest BCUT2D eigenvalue weighted by atomic mass is 15.0. The van der Waals surface area contributed by atoms with Crippen LogP contribution in [0.5, 0.6) is 0 Å². The molecule has 0 aliphatic heterocycles. The van der Waals surface area contributed by atoms with Gasteiger partial charge in [-0.3, -0.25) is 19.9 Å². The van der Waals surface area contributed by atoms with E-state index in [4.69, 9.17) is 26.5 Å². The number of pyridine rings is 4. The number of benzene rings is 10. The molecule has 0 saturated heterocycles. The zero-order valence-corrected chi connectivity index (χ0v) is 48.4. The van der Waals surface area contributed by atoms with Crippen LogP contribution in [0.3, 0.4) is 0 Å². The van der Waals surface area contributed by atoms with Gasteiger partial charge in [0.2, 0.25) is 0 Å². The molecule has 0 aliphatic rings. The Morgan fingerprint density at radius 1 is 0.278 bits per heavy atom. The first-order valence-electron chi connectivity index (χ1n) is 29.8. The van der Waals surface area contributed by atoms with Crippen LogP contribution in [0.25, 0.3) is 160 Å². The van der Waals surface area contributed by atoms with Crippen LogP contribution < -0.4 is 0 Å². The maximum Gasteiger partial charge on any atom is 0.187 e. The first-order chi connectivity index (χ1) is 44.5. The molecule has 0 saturated carbocycles. The lowest BCUT2D eigenvalue weighted by Crippen LogP contribution is -2.05. The standard InChI is InChI=1S/C82H50N8/c1-84-67-24-14-23-57(41-67)66-50-81(89-77-29-25-58(62-33-37-85-73(46-62)53-15-6-2-7-16-53)42-68(77)69-43-59(26-30-78(69)89)63-34-38-86-74(47-63)54-17-8-3-9-18-54)72(52-83)82(51-66)90-79-31-27-60(64-35-39-87-75(48-64)55-19-10-4-11-20-55)44-70(79)71-45-61(28-32-80(71)90)65-36-40-88-76(49-65)56-21-12-5-13-22-56/h2-51H. The molecule has 8 heteroatoms. The summed E-state index contributed by atoms with van der Waals surface area (Å²) in [7, 11) is 0. The summed E-state index contributed by atoms with van der Waals surface area (Å²) in [5.74, 6) is 0. The van der Waals surface area contributed by atoms with E-state index in [-0.39, 0.29) is 0 Å². The van der Waals surface area contributed by atoms with Gasteiger partial charge >= 0.3 is 0 Å². The third kappa shape index (κ3) is 9.51. The Morgan fingerprint density at radius 3 is 0.867 bits per heavy atom. The monoisotopic (exact) mass is 1150 g/mol. The minimum Gasteiger partial charge on any atom is -0.308 e. The molecule has 16 rings (SSSR count). The van der Waals surface area contributed by atoms with Crippen molar-refractivity contribution >= 4 is 49.3 Å². The highest BCUT2D eigenvalue weighted by Gasteiger charge is 2.25. The molecule has 0 spiro atoms. The molecule has 6 aromatic heterocycles. The largest absolute Gasteiger partial charge is 0.308 e. The third-order valence-corrected chi connectivity index (χ3v) is 17.2. The average molecular weight is 1150 g/mol. The van der Waals surface area contributed by atoms with E-state index in [0.29, 0.717) is 22.6 Å². The fraction of sp³-hybridized carbons (Fsp3) is 0. The average Bonchev–Trinajstić information content (AvgIpc) is 1.62. The van der Waals surface area contributed by atoms with Crippen LogP contribution in [0.1, 0.15) is 5.56 Å². The number of nitriles is 1. The molecule has 0 aliphatic carbocycles. The van der Waals surface area contributed by atoms with Crippen molar-refractivity contribution in [2.45, 2.75) is 0 Å². The molecule has 0 fully saturated rings. The highest BCUT2D eigenvalue weighted by molar-refractivity contribution is 6.14. The van der Waals surface area contributed by atoms with Gasteiger partial charge in [-0.1, -0.05) is 164 Å². The van der Waals surface area contributed by atoms with Crippen LogP contribution in [0, 0.1) is 17.9 Å². The topological polar surface area (TPSA) is 89.6 Å². The molecule has 8 nitrogen and oxygen atoms in total. The quantitative estimate of drug-likeness (QED) is 0.120. The van der Waals surface area contributed by atoms with Gasteiger partial charge < -0.3 is 9.13 Å². The maximum absolute atomic E-state index is 12.1. The van der Waals surface area contributed by atoms with Crippen molar-refractivity contribution in [1.29, 1.82) is 5.26 Å². The summed E-state index contributed by atoms with van der Waals surface area (Å²) in [4.78, 5) is 23.1. The predicted octanol–water partition coefficient (Wildman–Crippen LogP) is 20.9. The van der Waals surface area contributed by atoms with Crippen molar-refractivity contribution < 1.29 is 0 Å². The summed E-state index contributed by atoms with van der Waals surface area (Å²) in [6, 6.07) is 99.3. The van der Waals surface area contributed by atoms with Gasteiger partial charge in [0.15, 0.2) is 5.69 Å². The van der Waals surface area contributed by atoms with Crippen molar-refractivity contribution in [2.75, 3.05) is 0 Å². The first-order valence-corrected chi connectivity index (χ1v) is 29.8. The summed E-state index contributed by atoms with van der Waals surface area (Å²) >= 11 is 0. The lowest BCUT2D eigenvalue weighted by atomic mass is 9.99. The SMILES string of the molecule is [C-]#[N+]c1cccc(-c2cc(-n3c4ccc(-c5ccnc(-c6ccccc6)c5)cc4c4cc(-c5ccnc(-c6ccccc6)c5)ccc43)c(C#N)c(-n3c4ccc(-c5ccnc(-c6ccccc6)c5)cc4c4cc(-c5ccnc(-c6ccccc6)c5)ccc43)c2)c1. The van der Waals surface area contributed by atoms with E-state index >= 15 is 0 Å². The zero-order chi connectivity index (χ0) is 60.1. The molecule has 0 radical (unpaired) electrons. The van der Waals surface area contributed by atoms with Crippen LogP contribution in [0.15, 0.2) is 304 Å². The van der Waals surface area contributed by atoms with E-state index in [1.54, 1.807) is 0 Å². The highest BCUT2D eigenvalue weighted by Crippen LogP contribution is 2.44. The Morgan fingerprint density at radius 2 is 0.567 bits per heavy atom. The van der Waals surface area contributed by atoms with E-state index in [2.05, 4.69) is 202 Å². The van der Waals surface area contributed by atoms with Gasteiger partial charge in [-0.05, 0) is 171 Å². The van der Waals surface area contributed by atoms with Gasteiger partial charge in [0.25, 0.3) is 0 Å². The lowest BCUT2D eigenvalue weighted by molar-refractivity contribution is 1.12. The summed E-state index contributed by atoms with van der Waals surface area (Å²) in [6.45, 7) is 8.14. The van der Waals surface area contributed by atoms with E-state index < -0.39 is 0 Å². The Hall–Kier alpha value is -12.6. The van der Waals surface area contributed by atoms with Gasteiger partial charge in [0, 0.05) is 68.6 Å². The number of aromatic nitrogens is 6. The van der Waals surface area contributed by atoms with E-state index in [1.165, 1.54) is 0 Å².